The first-order valence-corrected chi connectivity index (χ1v) is 7.48. The maximum atomic E-state index is 5.60. The van der Waals surface area contributed by atoms with E-state index in [-0.39, 0.29) is 0 Å². The van der Waals surface area contributed by atoms with Crippen LogP contribution in [0.25, 0.3) is 0 Å². The minimum atomic E-state index is 0.532. The van der Waals surface area contributed by atoms with Gasteiger partial charge < -0.3 is 10.6 Å². The Hall–Kier alpha value is -1.09. The van der Waals surface area contributed by atoms with Crippen molar-refractivity contribution in [3.63, 3.8) is 0 Å². The number of rotatable bonds is 4. The average Bonchev–Trinajstić information content (AvgIpc) is 2.41. The average molecular weight is 261 g/mol. The van der Waals surface area contributed by atoms with Crippen LogP contribution in [-0.2, 0) is 6.42 Å². The van der Waals surface area contributed by atoms with Crippen LogP contribution < -0.4 is 10.6 Å². The maximum absolute atomic E-state index is 5.60. The van der Waals surface area contributed by atoms with E-state index < -0.39 is 0 Å². The van der Waals surface area contributed by atoms with E-state index in [1.165, 1.54) is 36.2 Å². The van der Waals surface area contributed by atoms with Crippen LogP contribution in [0.4, 0.5) is 5.82 Å². The van der Waals surface area contributed by atoms with Gasteiger partial charge in [0.15, 0.2) is 0 Å². The molecule has 1 fully saturated rings. The van der Waals surface area contributed by atoms with Crippen LogP contribution in [0, 0.1) is 12.3 Å². The third-order valence-corrected chi connectivity index (χ3v) is 4.66. The van der Waals surface area contributed by atoms with Gasteiger partial charge in [-0.1, -0.05) is 26.3 Å². The summed E-state index contributed by atoms with van der Waals surface area (Å²) in [6, 6.07) is 2.24. The first-order chi connectivity index (χ1) is 9.08. The second-order valence-electron chi connectivity index (χ2n) is 6.17. The summed E-state index contributed by atoms with van der Waals surface area (Å²) in [5.41, 5.74) is 8.66. The highest BCUT2D eigenvalue weighted by molar-refractivity contribution is 5.47. The molecule has 0 atom stereocenters. The number of anilines is 1. The summed E-state index contributed by atoms with van der Waals surface area (Å²) in [7, 11) is 0. The van der Waals surface area contributed by atoms with E-state index in [0.29, 0.717) is 12.0 Å². The Morgan fingerprint density at radius 2 is 2.05 bits per heavy atom. The fourth-order valence-corrected chi connectivity index (χ4v) is 2.87. The van der Waals surface area contributed by atoms with Crippen LogP contribution in [0.15, 0.2) is 12.3 Å². The van der Waals surface area contributed by atoms with Crippen LogP contribution in [0.5, 0.6) is 0 Å². The molecule has 1 aliphatic heterocycles. The second kappa shape index (κ2) is 5.91. The number of piperidine rings is 1. The monoisotopic (exact) mass is 261 g/mol. The fourth-order valence-electron chi connectivity index (χ4n) is 2.87. The summed E-state index contributed by atoms with van der Waals surface area (Å²) in [4.78, 5) is 7.11. The Morgan fingerprint density at radius 3 is 2.58 bits per heavy atom. The van der Waals surface area contributed by atoms with Gasteiger partial charge in [-0.05, 0) is 49.3 Å². The SMILES string of the molecule is CCC1(C)CCN(c2ncc(CCN)cc2C)CC1. The molecule has 0 unspecified atom stereocenters. The number of hydrogen-bond donors (Lipinski definition) is 1. The minimum absolute atomic E-state index is 0.532. The van der Waals surface area contributed by atoms with E-state index in [2.05, 4.69) is 36.7 Å². The van der Waals surface area contributed by atoms with Crippen molar-refractivity contribution in [2.24, 2.45) is 11.1 Å². The molecular weight excluding hydrogens is 234 g/mol. The molecule has 0 aromatic carbocycles. The Balaban J connectivity index is 2.07. The Morgan fingerprint density at radius 1 is 1.37 bits per heavy atom. The van der Waals surface area contributed by atoms with Crippen molar-refractivity contribution >= 4 is 5.82 Å². The molecule has 0 bridgehead atoms. The highest BCUT2D eigenvalue weighted by Crippen LogP contribution is 2.35. The molecule has 1 aromatic heterocycles. The van der Waals surface area contributed by atoms with Crippen molar-refractivity contribution in [1.82, 2.24) is 4.98 Å². The van der Waals surface area contributed by atoms with Gasteiger partial charge in [0.1, 0.15) is 5.82 Å². The third-order valence-electron chi connectivity index (χ3n) is 4.66. The van der Waals surface area contributed by atoms with Crippen LogP contribution in [0.2, 0.25) is 0 Å². The molecule has 2 heterocycles. The van der Waals surface area contributed by atoms with Crippen molar-refractivity contribution in [3.8, 4) is 0 Å². The normalized spacial score (nSPS) is 18.6. The largest absolute Gasteiger partial charge is 0.356 e. The number of pyridine rings is 1. The lowest BCUT2D eigenvalue weighted by Gasteiger charge is -2.40. The minimum Gasteiger partial charge on any atom is -0.356 e. The Kier molecular flexibility index (Phi) is 4.46. The molecule has 0 radical (unpaired) electrons. The Bertz CT molecular complexity index is 420. The van der Waals surface area contributed by atoms with Gasteiger partial charge in [0.25, 0.3) is 0 Å². The van der Waals surface area contributed by atoms with Crippen molar-refractivity contribution < 1.29 is 0 Å². The summed E-state index contributed by atoms with van der Waals surface area (Å²) < 4.78 is 0. The van der Waals surface area contributed by atoms with Gasteiger partial charge in [0.2, 0.25) is 0 Å². The van der Waals surface area contributed by atoms with Gasteiger partial charge in [-0.25, -0.2) is 4.98 Å². The molecule has 2 rings (SSSR count). The first kappa shape index (κ1) is 14.3. The first-order valence-electron chi connectivity index (χ1n) is 7.48. The third kappa shape index (κ3) is 3.27. The molecule has 0 aliphatic carbocycles. The molecule has 0 saturated carbocycles. The lowest BCUT2D eigenvalue weighted by Crippen LogP contribution is -2.39. The summed E-state index contributed by atoms with van der Waals surface area (Å²) in [5, 5.41) is 0. The number of nitrogens with two attached hydrogens (primary N) is 1. The number of aryl methyl sites for hydroxylation is 1. The zero-order valence-electron chi connectivity index (χ0n) is 12.6. The topological polar surface area (TPSA) is 42.2 Å². The smallest absolute Gasteiger partial charge is 0.131 e. The van der Waals surface area contributed by atoms with E-state index in [1.54, 1.807) is 0 Å². The molecule has 1 aromatic rings. The predicted octanol–water partition coefficient (Wildman–Crippen LogP) is 2.91. The molecule has 3 nitrogen and oxygen atoms in total. The van der Waals surface area contributed by atoms with Crippen molar-refractivity contribution in [1.29, 1.82) is 0 Å². The predicted molar refractivity (Wildman–Crippen MR) is 81.6 cm³/mol. The van der Waals surface area contributed by atoms with Crippen LogP contribution in [-0.4, -0.2) is 24.6 Å². The van der Waals surface area contributed by atoms with Gasteiger partial charge in [-0.3, -0.25) is 0 Å². The highest BCUT2D eigenvalue weighted by atomic mass is 15.2. The maximum Gasteiger partial charge on any atom is 0.131 e. The number of aromatic nitrogens is 1. The molecular formula is C16H27N3. The van der Waals surface area contributed by atoms with Gasteiger partial charge in [0, 0.05) is 19.3 Å². The van der Waals surface area contributed by atoms with Crippen LogP contribution >= 0.6 is 0 Å². The van der Waals surface area contributed by atoms with Crippen LogP contribution in [0.3, 0.4) is 0 Å². The summed E-state index contributed by atoms with van der Waals surface area (Å²) in [6.45, 7) is 9.84. The number of nitrogens with zero attached hydrogens (tertiary/aromatic N) is 2. The van der Waals surface area contributed by atoms with E-state index in [9.17, 15) is 0 Å². The highest BCUT2D eigenvalue weighted by Gasteiger charge is 2.29. The summed E-state index contributed by atoms with van der Waals surface area (Å²) >= 11 is 0. The molecule has 106 valence electrons. The van der Waals surface area contributed by atoms with E-state index in [0.717, 1.165) is 19.5 Å². The molecule has 3 heteroatoms. The van der Waals surface area contributed by atoms with E-state index in [4.69, 9.17) is 5.73 Å². The standard InChI is InChI=1S/C16H27N3/c1-4-16(3)6-9-19(10-7-16)15-13(2)11-14(5-8-17)12-18-15/h11-12H,4-10,17H2,1-3H3. The van der Waals surface area contributed by atoms with Crippen molar-refractivity contribution in [2.45, 2.75) is 46.5 Å². The molecule has 1 aliphatic rings. The molecule has 1 saturated heterocycles. The van der Waals surface area contributed by atoms with Gasteiger partial charge in [-0.2, -0.15) is 0 Å². The van der Waals surface area contributed by atoms with Crippen molar-refractivity contribution in [3.05, 3.63) is 23.4 Å². The van der Waals surface area contributed by atoms with Gasteiger partial charge in [0.05, 0.1) is 0 Å². The van der Waals surface area contributed by atoms with Gasteiger partial charge in [-0.15, -0.1) is 0 Å². The quantitative estimate of drug-likeness (QED) is 0.906. The molecule has 19 heavy (non-hydrogen) atoms. The van der Waals surface area contributed by atoms with E-state index in [1.807, 2.05) is 6.20 Å². The van der Waals surface area contributed by atoms with E-state index >= 15 is 0 Å². The lowest BCUT2D eigenvalue weighted by atomic mass is 9.78. The molecule has 0 spiro atoms. The summed E-state index contributed by atoms with van der Waals surface area (Å²) in [5.74, 6) is 1.17. The number of hydrogen-bond acceptors (Lipinski definition) is 3. The molecule has 2 N–H and O–H groups in total. The fraction of sp³-hybridized carbons (Fsp3) is 0.688. The molecule has 0 amide bonds. The van der Waals surface area contributed by atoms with Gasteiger partial charge >= 0.3 is 0 Å². The zero-order valence-corrected chi connectivity index (χ0v) is 12.6. The lowest BCUT2D eigenvalue weighted by molar-refractivity contribution is 0.237. The van der Waals surface area contributed by atoms with Crippen molar-refractivity contribution in [2.75, 3.05) is 24.5 Å². The van der Waals surface area contributed by atoms with Crippen LogP contribution in [0.1, 0.15) is 44.2 Å². The Labute approximate surface area is 117 Å². The second-order valence-corrected chi connectivity index (χ2v) is 6.17. The summed E-state index contributed by atoms with van der Waals surface area (Å²) in [6.07, 6.45) is 6.73. The zero-order chi connectivity index (χ0) is 13.9.